The third kappa shape index (κ3) is 4.55. The van der Waals surface area contributed by atoms with E-state index in [2.05, 4.69) is 0 Å². The van der Waals surface area contributed by atoms with Crippen LogP contribution >= 0.6 is 0 Å². The highest BCUT2D eigenvalue weighted by Crippen LogP contribution is 2.37. The van der Waals surface area contributed by atoms with Crippen LogP contribution in [0.4, 0.5) is 0 Å². The van der Waals surface area contributed by atoms with Crippen molar-refractivity contribution >= 4 is 0 Å². The molecule has 0 spiro atoms. The van der Waals surface area contributed by atoms with Gasteiger partial charge in [-0.05, 0) is 72.9 Å². The number of ether oxygens (including phenoxy) is 2. The van der Waals surface area contributed by atoms with Gasteiger partial charge in [0.15, 0.2) is 11.5 Å². The second-order valence-electron chi connectivity index (χ2n) is 8.10. The fraction of sp³-hybridized carbons (Fsp3) is 0.417. The van der Waals surface area contributed by atoms with Crippen LogP contribution in [0.2, 0.25) is 0 Å². The molecule has 0 aromatic heterocycles. The molecule has 2 heterocycles. The summed E-state index contributed by atoms with van der Waals surface area (Å²) in [5.41, 5.74) is 1.18. The maximum atomic E-state index is 11.7. The van der Waals surface area contributed by atoms with Crippen LogP contribution in [0, 0.1) is 0 Å². The van der Waals surface area contributed by atoms with Gasteiger partial charge in [-0.15, -0.1) is 0 Å². The highest BCUT2D eigenvalue weighted by molar-refractivity contribution is 5.29. The van der Waals surface area contributed by atoms with Crippen LogP contribution in [-0.2, 0) is 9.47 Å². The van der Waals surface area contributed by atoms with Crippen LogP contribution in [0.3, 0.4) is 0 Å². The van der Waals surface area contributed by atoms with Crippen molar-refractivity contribution < 1.29 is 19.7 Å². The first kappa shape index (κ1) is 20.6. The van der Waals surface area contributed by atoms with Crippen LogP contribution in [0.25, 0.3) is 0 Å². The predicted molar refractivity (Wildman–Crippen MR) is 112 cm³/mol. The van der Waals surface area contributed by atoms with Crippen molar-refractivity contribution in [1.82, 2.24) is 0 Å². The van der Waals surface area contributed by atoms with Crippen molar-refractivity contribution in [3.05, 3.63) is 80.1 Å². The molecule has 2 aliphatic heterocycles. The molecule has 2 N–H and O–H groups in total. The van der Waals surface area contributed by atoms with Gasteiger partial charge < -0.3 is 19.7 Å². The fourth-order valence-electron chi connectivity index (χ4n) is 4.49. The Morgan fingerprint density at radius 1 is 0.700 bits per heavy atom. The molecule has 4 unspecified atom stereocenters. The van der Waals surface area contributed by atoms with Crippen LogP contribution < -0.4 is 10.9 Å². The second-order valence-corrected chi connectivity index (χ2v) is 8.10. The molecular weight excluding hydrogens is 384 g/mol. The summed E-state index contributed by atoms with van der Waals surface area (Å²) in [5, 5.41) is 19.6. The van der Waals surface area contributed by atoms with E-state index in [0.717, 1.165) is 36.8 Å². The summed E-state index contributed by atoms with van der Waals surface area (Å²) in [7, 11) is 0. The van der Waals surface area contributed by atoms with Crippen LogP contribution in [-0.4, -0.2) is 35.6 Å². The lowest BCUT2D eigenvalue weighted by Gasteiger charge is -2.38. The number of rotatable bonds is 3. The van der Waals surface area contributed by atoms with Gasteiger partial charge in [-0.2, -0.15) is 0 Å². The molecule has 0 amide bonds. The van der Waals surface area contributed by atoms with Gasteiger partial charge in [0, 0.05) is 13.2 Å². The summed E-state index contributed by atoms with van der Waals surface area (Å²) < 4.78 is 12.1. The van der Waals surface area contributed by atoms with E-state index in [1.165, 1.54) is 18.2 Å². The van der Waals surface area contributed by atoms with Gasteiger partial charge in [-0.3, -0.25) is 9.59 Å². The zero-order chi connectivity index (χ0) is 21.1. The molecule has 6 heteroatoms. The van der Waals surface area contributed by atoms with Crippen LogP contribution in [0.1, 0.15) is 48.6 Å². The Morgan fingerprint density at radius 3 is 2.00 bits per heavy atom. The fourth-order valence-corrected chi connectivity index (χ4v) is 4.49. The minimum Gasteiger partial charge on any atom is -0.504 e. The third-order valence-electron chi connectivity index (χ3n) is 6.19. The van der Waals surface area contributed by atoms with E-state index < -0.39 is 0 Å². The molecule has 4 atom stereocenters. The lowest BCUT2D eigenvalue weighted by molar-refractivity contribution is -0.115. The molecule has 4 rings (SSSR count). The van der Waals surface area contributed by atoms with E-state index in [4.69, 9.17) is 9.47 Å². The highest BCUT2D eigenvalue weighted by Gasteiger charge is 2.35. The first-order chi connectivity index (χ1) is 14.5. The zero-order valence-corrected chi connectivity index (χ0v) is 16.7. The zero-order valence-electron chi connectivity index (χ0n) is 16.7. The summed E-state index contributed by atoms with van der Waals surface area (Å²) in [6, 6.07) is 13.0. The number of hydrogen-bond acceptors (Lipinski definition) is 6. The highest BCUT2D eigenvalue weighted by atomic mass is 16.5. The predicted octanol–water partition coefficient (Wildman–Crippen LogP) is 3.04. The minimum atomic E-state index is -0.385. The maximum Gasteiger partial charge on any atom is 0.220 e. The molecular formula is C24H26O6. The quantitative estimate of drug-likeness (QED) is 0.808. The Labute approximate surface area is 174 Å². The molecule has 0 aliphatic carbocycles. The van der Waals surface area contributed by atoms with Gasteiger partial charge in [0.05, 0.1) is 12.2 Å². The summed E-state index contributed by atoms with van der Waals surface area (Å²) in [6.45, 7) is 1.20. The molecule has 0 bridgehead atoms. The van der Waals surface area contributed by atoms with Crippen LogP contribution in [0.15, 0.2) is 58.1 Å². The van der Waals surface area contributed by atoms with Gasteiger partial charge in [0.1, 0.15) is 0 Å². The van der Waals surface area contributed by atoms with E-state index in [1.54, 1.807) is 18.2 Å². The molecule has 158 valence electrons. The average molecular weight is 410 g/mol. The first-order valence-corrected chi connectivity index (χ1v) is 10.4. The third-order valence-corrected chi connectivity index (χ3v) is 6.19. The smallest absolute Gasteiger partial charge is 0.220 e. The monoisotopic (exact) mass is 410 g/mol. The second kappa shape index (κ2) is 8.98. The summed E-state index contributed by atoms with van der Waals surface area (Å²) >= 11 is 0. The summed E-state index contributed by atoms with van der Waals surface area (Å²) in [4.78, 5) is 23.3. The Bertz CT molecular complexity index is 1020. The van der Waals surface area contributed by atoms with Crippen molar-refractivity contribution in [3.8, 4) is 11.5 Å². The molecule has 0 saturated carbocycles. The molecule has 2 fully saturated rings. The van der Waals surface area contributed by atoms with Crippen molar-refractivity contribution in [2.75, 3.05) is 13.2 Å². The molecule has 0 radical (unpaired) electrons. The minimum absolute atomic E-state index is 0.0708. The Balaban J connectivity index is 1.49. The molecule has 2 aromatic rings. The van der Waals surface area contributed by atoms with Crippen molar-refractivity contribution in [3.63, 3.8) is 0 Å². The lowest BCUT2D eigenvalue weighted by atomic mass is 9.82. The summed E-state index contributed by atoms with van der Waals surface area (Å²) in [6.07, 6.45) is 3.05. The van der Waals surface area contributed by atoms with Gasteiger partial charge >= 0.3 is 0 Å². The van der Waals surface area contributed by atoms with Gasteiger partial charge in [0.25, 0.3) is 0 Å². The number of aromatic hydroxyl groups is 2. The lowest BCUT2D eigenvalue weighted by Crippen LogP contribution is -2.40. The van der Waals surface area contributed by atoms with E-state index in [1.807, 2.05) is 12.1 Å². The van der Waals surface area contributed by atoms with Crippen molar-refractivity contribution in [1.29, 1.82) is 0 Å². The first-order valence-electron chi connectivity index (χ1n) is 10.4. The molecule has 2 saturated heterocycles. The molecule has 2 aromatic carbocycles. The van der Waals surface area contributed by atoms with Crippen molar-refractivity contribution in [2.45, 2.75) is 49.7 Å². The van der Waals surface area contributed by atoms with E-state index >= 15 is 0 Å². The van der Waals surface area contributed by atoms with Gasteiger partial charge in [-0.25, -0.2) is 0 Å². The van der Waals surface area contributed by atoms with Gasteiger partial charge in [-0.1, -0.05) is 24.3 Å². The average Bonchev–Trinajstić information content (AvgIpc) is 3.04. The Hall–Kier alpha value is -2.70. The van der Waals surface area contributed by atoms with Gasteiger partial charge in [0.2, 0.25) is 10.9 Å². The molecule has 2 aliphatic rings. The topological polar surface area (TPSA) is 93.1 Å². The maximum absolute atomic E-state index is 11.7. The molecule has 6 nitrogen and oxygen atoms in total. The van der Waals surface area contributed by atoms with E-state index in [-0.39, 0.29) is 46.4 Å². The summed E-state index contributed by atoms with van der Waals surface area (Å²) in [5.74, 6) is -0.0748. The Morgan fingerprint density at radius 2 is 1.30 bits per heavy atom. The van der Waals surface area contributed by atoms with E-state index in [9.17, 15) is 19.8 Å². The SMILES string of the molecule is O=c1ccc(C2CCOC(C3CC(c4cccc(=O)c(O)c4)CCO3)C2)ccc1O. The standard InChI is InChI=1S/C24H26O6/c25-19-3-1-2-16(12-22(19)28)18-9-11-30-24(14-18)23-13-17(8-10-29-23)15-4-6-20(26)21(27)7-5-15/h1-7,12,17-18,23-24H,8-11,13-14H2,(H,25,28)(H,26,27). The Kier molecular flexibility index (Phi) is 6.16. The normalized spacial score (nSPS) is 26.8. The van der Waals surface area contributed by atoms with Crippen molar-refractivity contribution in [2.24, 2.45) is 0 Å². The largest absolute Gasteiger partial charge is 0.504 e. The van der Waals surface area contributed by atoms with E-state index in [0.29, 0.717) is 13.2 Å². The molecule has 30 heavy (non-hydrogen) atoms. The van der Waals surface area contributed by atoms with Crippen LogP contribution in [0.5, 0.6) is 11.5 Å². The number of hydrogen-bond donors (Lipinski definition) is 2.